The molecule has 2 aromatic heterocycles. The fraction of sp³-hybridized carbons (Fsp3) is 0.364. The minimum atomic E-state index is -0.443. The predicted molar refractivity (Wildman–Crippen MR) is 120 cm³/mol. The van der Waals surface area contributed by atoms with E-state index in [-0.39, 0.29) is 18.0 Å². The second-order valence-electron chi connectivity index (χ2n) is 7.73. The number of H-pyrrole nitrogens is 1. The van der Waals surface area contributed by atoms with Gasteiger partial charge in [-0.3, -0.25) is 19.1 Å². The van der Waals surface area contributed by atoms with Crippen molar-refractivity contribution in [2.75, 3.05) is 38.1 Å². The van der Waals surface area contributed by atoms with Crippen LogP contribution in [0.3, 0.4) is 0 Å². The number of hydrogen-bond donors (Lipinski definition) is 2. The minimum Gasteiger partial charge on any atom is -0.367 e. The van der Waals surface area contributed by atoms with Gasteiger partial charge in [0.05, 0.1) is 11.2 Å². The van der Waals surface area contributed by atoms with Crippen LogP contribution in [-0.4, -0.2) is 58.6 Å². The molecule has 1 aliphatic rings. The zero-order chi connectivity index (χ0) is 22.8. The van der Waals surface area contributed by atoms with Crippen LogP contribution in [0.1, 0.15) is 22.8 Å². The Balaban J connectivity index is 1.44. The van der Waals surface area contributed by atoms with Gasteiger partial charge in [0, 0.05) is 58.1 Å². The van der Waals surface area contributed by atoms with Gasteiger partial charge in [-0.25, -0.2) is 14.2 Å². The molecule has 32 heavy (non-hydrogen) atoms. The molecule has 0 saturated carbocycles. The summed E-state index contributed by atoms with van der Waals surface area (Å²) in [6.07, 6.45) is 1.66. The lowest BCUT2D eigenvalue weighted by molar-refractivity contribution is 0.0962. The molecule has 0 spiro atoms. The summed E-state index contributed by atoms with van der Waals surface area (Å²) in [4.78, 5) is 47.3. The predicted octanol–water partition coefficient (Wildman–Crippen LogP) is 0.926. The number of fused-ring (bicyclic) bond motifs is 1. The Kier molecular flexibility index (Phi) is 6.04. The maximum Gasteiger partial charge on any atom is 0.328 e. The molecule has 1 aromatic carbocycles. The van der Waals surface area contributed by atoms with E-state index >= 15 is 0 Å². The molecule has 2 N–H and O–H groups in total. The van der Waals surface area contributed by atoms with Crippen molar-refractivity contribution < 1.29 is 9.18 Å². The van der Waals surface area contributed by atoms with Crippen molar-refractivity contribution in [3.05, 3.63) is 68.2 Å². The van der Waals surface area contributed by atoms with E-state index in [0.29, 0.717) is 49.5 Å². The van der Waals surface area contributed by atoms with Gasteiger partial charge in [0.25, 0.3) is 11.5 Å². The molecule has 0 atom stereocenters. The van der Waals surface area contributed by atoms with E-state index in [1.165, 1.54) is 13.1 Å². The highest BCUT2D eigenvalue weighted by atomic mass is 19.1. The topological polar surface area (TPSA) is 103 Å². The monoisotopic (exact) mass is 440 g/mol. The SMILES string of the molecule is CCn1c(=O)[nH]c2cc(CN3CCN(c4ccc(C(=O)NC)cc4F)CC3)cnc2c1=O. The summed E-state index contributed by atoms with van der Waals surface area (Å²) in [6.45, 7) is 5.31. The van der Waals surface area contributed by atoms with E-state index in [2.05, 4.69) is 20.2 Å². The summed E-state index contributed by atoms with van der Waals surface area (Å²) in [5.41, 5.74) is 1.50. The summed E-state index contributed by atoms with van der Waals surface area (Å²) < 4.78 is 15.7. The number of rotatable bonds is 5. The molecular weight excluding hydrogens is 415 g/mol. The van der Waals surface area contributed by atoms with Gasteiger partial charge in [0.1, 0.15) is 5.82 Å². The quantitative estimate of drug-likeness (QED) is 0.612. The third-order valence-electron chi connectivity index (χ3n) is 5.75. The molecule has 0 bridgehead atoms. The van der Waals surface area contributed by atoms with Crippen LogP contribution < -0.4 is 21.5 Å². The number of hydrogen-bond acceptors (Lipinski definition) is 6. The standard InChI is InChI=1S/C22H25FN6O3/c1-3-29-21(31)19-17(26-22(29)32)10-14(12-25-19)13-27-6-8-28(9-7-27)18-5-4-15(11-16(18)23)20(30)24-2/h4-5,10-12H,3,6-9,13H2,1-2H3,(H,24,30)(H,26,32). The zero-order valence-electron chi connectivity index (χ0n) is 18.0. The van der Waals surface area contributed by atoms with Crippen molar-refractivity contribution in [3.8, 4) is 0 Å². The molecule has 4 rings (SSSR count). The van der Waals surface area contributed by atoms with Crippen LogP contribution >= 0.6 is 0 Å². The lowest BCUT2D eigenvalue weighted by Gasteiger charge is -2.36. The van der Waals surface area contributed by atoms with Gasteiger partial charge in [0.15, 0.2) is 5.52 Å². The molecule has 10 heteroatoms. The van der Waals surface area contributed by atoms with Gasteiger partial charge in [-0.05, 0) is 36.8 Å². The van der Waals surface area contributed by atoms with Gasteiger partial charge in [-0.15, -0.1) is 0 Å². The Bertz CT molecular complexity index is 1280. The lowest BCUT2D eigenvalue weighted by atomic mass is 10.1. The van der Waals surface area contributed by atoms with Crippen LogP contribution in [-0.2, 0) is 13.1 Å². The highest BCUT2D eigenvalue weighted by molar-refractivity contribution is 5.94. The van der Waals surface area contributed by atoms with Gasteiger partial charge in [0.2, 0.25) is 0 Å². The first-order valence-electron chi connectivity index (χ1n) is 10.5. The van der Waals surface area contributed by atoms with Crippen LogP contribution in [0, 0.1) is 5.82 Å². The van der Waals surface area contributed by atoms with Crippen molar-refractivity contribution in [1.82, 2.24) is 24.8 Å². The van der Waals surface area contributed by atoms with Crippen molar-refractivity contribution in [1.29, 1.82) is 0 Å². The molecule has 1 amide bonds. The number of pyridine rings is 1. The molecule has 1 aliphatic heterocycles. The van der Waals surface area contributed by atoms with Crippen LogP contribution in [0.4, 0.5) is 10.1 Å². The van der Waals surface area contributed by atoms with E-state index in [1.807, 2.05) is 4.90 Å². The molecular formula is C22H25FN6O3. The number of amides is 1. The molecule has 3 aromatic rings. The number of benzene rings is 1. The Morgan fingerprint density at radius 3 is 2.59 bits per heavy atom. The number of carbonyl (C=O) groups excluding carboxylic acids is 1. The molecule has 1 saturated heterocycles. The Morgan fingerprint density at radius 2 is 1.94 bits per heavy atom. The molecule has 0 unspecified atom stereocenters. The third kappa shape index (κ3) is 4.13. The number of halogens is 1. The van der Waals surface area contributed by atoms with Gasteiger partial charge < -0.3 is 15.2 Å². The lowest BCUT2D eigenvalue weighted by Crippen LogP contribution is -2.46. The maximum absolute atomic E-state index is 14.5. The largest absolute Gasteiger partial charge is 0.367 e. The zero-order valence-corrected chi connectivity index (χ0v) is 18.0. The normalized spacial score (nSPS) is 14.7. The minimum absolute atomic E-state index is 0.246. The highest BCUT2D eigenvalue weighted by Gasteiger charge is 2.21. The molecule has 0 aliphatic carbocycles. The fourth-order valence-electron chi connectivity index (χ4n) is 4.00. The summed E-state index contributed by atoms with van der Waals surface area (Å²) in [5, 5.41) is 2.49. The number of aromatic nitrogens is 3. The third-order valence-corrected chi connectivity index (χ3v) is 5.75. The van der Waals surface area contributed by atoms with Crippen molar-refractivity contribution in [2.45, 2.75) is 20.0 Å². The number of nitrogens with one attached hydrogen (secondary N) is 2. The van der Waals surface area contributed by atoms with E-state index in [9.17, 15) is 18.8 Å². The summed E-state index contributed by atoms with van der Waals surface area (Å²) >= 11 is 0. The number of carbonyl (C=O) groups is 1. The highest BCUT2D eigenvalue weighted by Crippen LogP contribution is 2.22. The average molecular weight is 440 g/mol. The molecule has 9 nitrogen and oxygen atoms in total. The van der Waals surface area contributed by atoms with E-state index in [1.54, 1.807) is 31.3 Å². The number of piperazine rings is 1. The van der Waals surface area contributed by atoms with E-state index in [4.69, 9.17) is 0 Å². The molecule has 1 fully saturated rings. The number of aromatic amines is 1. The van der Waals surface area contributed by atoms with Crippen LogP contribution in [0.15, 0.2) is 40.1 Å². The maximum atomic E-state index is 14.5. The summed E-state index contributed by atoms with van der Waals surface area (Å²) in [7, 11) is 1.51. The van der Waals surface area contributed by atoms with Gasteiger partial charge >= 0.3 is 5.69 Å². The number of anilines is 1. The Morgan fingerprint density at radius 1 is 1.19 bits per heavy atom. The summed E-state index contributed by atoms with van der Waals surface area (Å²) in [5.74, 6) is -0.737. The van der Waals surface area contributed by atoms with E-state index in [0.717, 1.165) is 10.1 Å². The van der Waals surface area contributed by atoms with Gasteiger partial charge in [-0.2, -0.15) is 0 Å². The van der Waals surface area contributed by atoms with Gasteiger partial charge in [-0.1, -0.05) is 0 Å². The fourth-order valence-corrected chi connectivity index (χ4v) is 4.00. The average Bonchev–Trinajstić information content (AvgIpc) is 2.79. The van der Waals surface area contributed by atoms with Crippen LogP contribution in [0.2, 0.25) is 0 Å². The van der Waals surface area contributed by atoms with Crippen molar-refractivity contribution >= 4 is 22.6 Å². The Hall–Kier alpha value is -3.53. The van der Waals surface area contributed by atoms with Crippen LogP contribution in [0.5, 0.6) is 0 Å². The van der Waals surface area contributed by atoms with E-state index < -0.39 is 17.1 Å². The first-order chi connectivity index (χ1) is 15.4. The van der Waals surface area contributed by atoms with Crippen LogP contribution in [0.25, 0.3) is 11.0 Å². The first kappa shape index (κ1) is 21.7. The summed E-state index contributed by atoms with van der Waals surface area (Å²) in [6, 6.07) is 6.31. The second-order valence-corrected chi connectivity index (χ2v) is 7.73. The van der Waals surface area contributed by atoms with Crippen molar-refractivity contribution in [2.24, 2.45) is 0 Å². The van der Waals surface area contributed by atoms with Crippen molar-refractivity contribution in [3.63, 3.8) is 0 Å². The first-order valence-corrected chi connectivity index (χ1v) is 10.5. The smallest absolute Gasteiger partial charge is 0.328 e. The molecule has 3 heterocycles. The second kappa shape index (κ2) is 8.91. The Labute approximate surface area is 183 Å². The molecule has 168 valence electrons. The molecule has 0 radical (unpaired) electrons. The number of nitrogens with zero attached hydrogens (tertiary/aromatic N) is 4.